The highest BCUT2D eigenvalue weighted by molar-refractivity contribution is 6.31. The van der Waals surface area contributed by atoms with E-state index in [-0.39, 0.29) is 6.04 Å². The molecule has 1 unspecified atom stereocenters. The zero-order valence-electron chi connectivity index (χ0n) is 10.8. The summed E-state index contributed by atoms with van der Waals surface area (Å²) >= 11 is 6.29. The topological polar surface area (TPSA) is 50.9 Å². The van der Waals surface area contributed by atoms with Gasteiger partial charge in [0.1, 0.15) is 0 Å². The fraction of sp³-hybridized carbons (Fsp3) is 0.0625. The number of para-hydroxylation sites is 1. The number of benzene rings is 2. The van der Waals surface area contributed by atoms with E-state index in [1.165, 1.54) is 0 Å². The molecule has 3 nitrogen and oxygen atoms in total. The lowest BCUT2D eigenvalue weighted by Crippen LogP contribution is -2.29. The van der Waals surface area contributed by atoms with Crippen LogP contribution in [0.5, 0.6) is 0 Å². The van der Waals surface area contributed by atoms with E-state index in [0.29, 0.717) is 5.02 Å². The Balaban J connectivity index is 2.20. The van der Waals surface area contributed by atoms with Crippen molar-refractivity contribution in [3.05, 3.63) is 76.9 Å². The molecule has 0 saturated carbocycles. The van der Waals surface area contributed by atoms with Gasteiger partial charge in [0.2, 0.25) is 0 Å². The average Bonchev–Trinajstić information content (AvgIpc) is 2.50. The van der Waals surface area contributed by atoms with Crippen molar-refractivity contribution < 1.29 is 0 Å². The first-order valence-corrected chi connectivity index (χ1v) is 6.73. The third-order valence-corrected chi connectivity index (χ3v) is 3.72. The van der Waals surface area contributed by atoms with Crippen LogP contribution in [0.3, 0.4) is 0 Å². The largest absolute Gasteiger partial charge is 0.271 e. The van der Waals surface area contributed by atoms with Gasteiger partial charge in [0.15, 0.2) is 0 Å². The smallest absolute Gasteiger partial charge is 0.0731 e. The monoisotopic (exact) mass is 283 g/mol. The molecule has 100 valence electrons. The average molecular weight is 284 g/mol. The maximum absolute atomic E-state index is 6.29. The Kier molecular flexibility index (Phi) is 3.65. The van der Waals surface area contributed by atoms with Gasteiger partial charge in [-0.15, -0.1) is 0 Å². The molecule has 3 rings (SSSR count). The molecule has 1 heterocycles. The molecule has 1 aromatic heterocycles. The Hall–Kier alpha value is -1.94. The lowest BCUT2D eigenvalue weighted by Gasteiger charge is -2.19. The minimum atomic E-state index is -0.170. The Bertz CT molecular complexity index is 737. The molecule has 1 atom stereocenters. The van der Waals surface area contributed by atoms with Crippen molar-refractivity contribution >= 4 is 22.5 Å². The van der Waals surface area contributed by atoms with E-state index in [9.17, 15) is 0 Å². The van der Waals surface area contributed by atoms with Crippen LogP contribution in [0.15, 0.2) is 60.8 Å². The predicted molar refractivity (Wildman–Crippen MR) is 82.4 cm³/mol. The maximum Gasteiger partial charge on any atom is 0.0731 e. The third-order valence-electron chi connectivity index (χ3n) is 3.38. The van der Waals surface area contributed by atoms with Gasteiger partial charge >= 0.3 is 0 Å². The molecule has 0 spiro atoms. The number of nitrogens with one attached hydrogen (secondary N) is 1. The van der Waals surface area contributed by atoms with Gasteiger partial charge in [-0.25, -0.2) is 5.43 Å². The predicted octanol–water partition coefficient (Wildman–Crippen LogP) is 3.44. The number of nitrogens with zero attached hydrogens (tertiary/aromatic N) is 1. The number of hydrogen-bond acceptors (Lipinski definition) is 3. The highest BCUT2D eigenvalue weighted by atomic mass is 35.5. The zero-order valence-corrected chi connectivity index (χ0v) is 11.5. The normalized spacial score (nSPS) is 12.5. The Morgan fingerprint density at radius 3 is 2.50 bits per heavy atom. The number of hydrazine groups is 1. The maximum atomic E-state index is 6.29. The molecule has 2 aromatic carbocycles. The van der Waals surface area contributed by atoms with Gasteiger partial charge in [-0.05, 0) is 29.3 Å². The fourth-order valence-electron chi connectivity index (χ4n) is 2.43. The summed E-state index contributed by atoms with van der Waals surface area (Å²) in [6.07, 6.45) is 1.79. The van der Waals surface area contributed by atoms with E-state index in [1.807, 2.05) is 54.6 Å². The number of hydrogen-bond donors (Lipinski definition) is 2. The molecule has 0 bridgehead atoms. The quantitative estimate of drug-likeness (QED) is 0.572. The fourth-order valence-corrected chi connectivity index (χ4v) is 2.67. The number of aromatic nitrogens is 1. The molecule has 0 saturated heterocycles. The summed E-state index contributed by atoms with van der Waals surface area (Å²) < 4.78 is 0. The lowest BCUT2D eigenvalue weighted by molar-refractivity contribution is 0.640. The Morgan fingerprint density at radius 2 is 1.70 bits per heavy atom. The summed E-state index contributed by atoms with van der Waals surface area (Å²) in [7, 11) is 0. The summed E-state index contributed by atoms with van der Waals surface area (Å²) in [5.74, 6) is 5.77. The SMILES string of the molecule is NNC(c1ccccc1Cl)c1ccnc2ccccc12. The third kappa shape index (κ3) is 2.27. The van der Waals surface area contributed by atoms with Gasteiger partial charge in [0.05, 0.1) is 11.6 Å². The van der Waals surface area contributed by atoms with E-state index < -0.39 is 0 Å². The summed E-state index contributed by atoms with van der Waals surface area (Å²) in [5, 5.41) is 1.76. The number of halogens is 1. The second kappa shape index (κ2) is 5.59. The number of pyridine rings is 1. The van der Waals surface area contributed by atoms with Gasteiger partial charge in [-0.1, -0.05) is 48.0 Å². The van der Waals surface area contributed by atoms with Crippen molar-refractivity contribution in [2.45, 2.75) is 6.04 Å². The van der Waals surface area contributed by atoms with Crippen LogP contribution in [-0.2, 0) is 0 Å². The molecule has 20 heavy (non-hydrogen) atoms. The van der Waals surface area contributed by atoms with Crippen molar-refractivity contribution in [2.24, 2.45) is 5.84 Å². The zero-order chi connectivity index (χ0) is 13.9. The van der Waals surface area contributed by atoms with Crippen LogP contribution in [-0.4, -0.2) is 4.98 Å². The summed E-state index contributed by atoms with van der Waals surface area (Å²) in [6, 6.07) is 17.5. The lowest BCUT2D eigenvalue weighted by atomic mass is 9.96. The molecule has 3 aromatic rings. The van der Waals surface area contributed by atoms with E-state index in [0.717, 1.165) is 22.0 Å². The first-order valence-electron chi connectivity index (χ1n) is 6.35. The molecule has 0 aliphatic rings. The molecular weight excluding hydrogens is 270 g/mol. The van der Waals surface area contributed by atoms with Crippen molar-refractivity contribution in [1.82, 2.24) is 10.4 Å². The molecule has 0 radical (unpaired) electrons. The Morgan fingerprint density at radius 1 is 0.950 bits per heavy atom. The minimum Gasteiger partial charge on any atom is -0.271 e. The van der Waals surface area contributed by atoms with Crippen LogP contribution in [0.2, 0.25) is 5.02 Å². The summed E-state index contributed by atoms with van der Waals surface area (Å²) in [6.45, 7) is 0. The first kappa shape index (κ1) is 13.1. The van der Waals surface area contributed by atoms with Crippen LogP contribution in [0.1, 0.15) is 17.2 Å². The molecular formula is C16H14ClN3. The van der Waals surface area contributed by atoms with Crippen LogP contribution in [0.4, 0.5) is 0 Å². The van der Waals surface area contributed by atoms with Crippen LogP contribution in [0, 0.1) is 0 Å². The second-order valence-corrected chi connectivity index (χ2v) is 4.95. The van der Waals surface area contributed by atoms with Gasteiger partial charge < -0.3 is 0 Å². The molecule has 0 aliphatic heterocycles. The van der Waals surface area contributed by atoms with Gasteiger partial charge in [0.25, 0.3) is 0 Å². The molecule has 0 fully saturated rings. The van der Waals surface area contributed by atoms with Gasteiger partial charge in [-0.3, -0.25) is 10.8 Å². The van der Waals surface area contributed by atoms with Crippen molar-refractivity contribution in [2.75, 3.05) is 0 Å². The standard InChI is InChI=1S/C16H14ClN3/c17-14-7-3-1-6-13(14)16(20-18)12-9-10-19-15-8-4-2-5-11(12)15/h1-10,16,20H,18H2. The molecule has 3 N–H and O–H groups in total. The molecule has 0 aliphatic carbocycles. The van der Waals surface area contributed by atoms with Crippen molar-refractivity contribution in [3.63, 3.8) is 0 Å². The van der Waals surface area contributed by atoms with E-state index in [4.69, 9.17) is 17.4 Å². The van der Waals surface area contributed by atoms with E-state index in [2.05, 4.69) is 10.4 Å². The van der Waals surface area contributed by atoms with Crippen molar-refractivity contribution in [1.29, 1.82) is 0 Å². The first-order chi connectivity index (χ1) is 9.81. The number of fused-ring (bicyclic) bond motifs is 1. The van der Waals surface area contributed by atoms with Crippen molar-refractivity contribution in [3.8, 4) is 0 Å². The van der Waals surface area contributed by atoms with Crippen LogP contribution < -0.4 is 11.3 Å². The second-order valence-electron chi connectivity index (χ2n) is 4.54. The highest BCUT2D eigenvalue weighted by Crippen LogP contribution is 2.31. The van der Waals surface area contributed by atoms with E-state index >= 15 is 0 Å². The van der Waals surface area contributed by atoms with E-state index in [1.54, 1.807) is 6.20 Å². The molecule has 0 amide bonds. The minimum absolute atomic E-state index is 0.170. The summed E-state index contributed by atoms with van der Waals surface area (Å²) in [4.78, 5) is 4.37. The van der Waals surface area contributed by atoms with Gasteiger partial charge in [0, 0.05) is 16.6 Å². The Labute approximate surface area is 122 Å². The highest BCUT2D eigenvalue weighted by Gasteiger charge is 2.17. The summed E-state index contributed by atoms with van der Waals surface area (Å²) in [5.41, 5.74) is 5.81. The van der Waals surface area contributed by atoms with Crippen LogP contribution in [0.25, 0.3) is 10.9 Å². The number of nitrogens with two attached hydrogens (primary N) is 1. The van der Waals surface area contributed by atoms with Crippen LogP contribution >= 0.6 is 11.6 Å². The number of rotatable bonds is 3. The van der Waals surface area contributed by atoms with Gasteiger partial charge in [-0.2, -0.15) is 0 Å². The molecule has 4 heteroatoms.